The van der Waals surface area contributed by atoms with E-state index >= 15 is 0 Å². The maximum absolute atomic E-state index is 13.1. The van der Waals surface area contributed by atoms with Crippen molar-refractivity contribution >= 4 is 35.2 Å². The van der Waals surface area contributed by atoms with Crippen LogP contribution in [0.5, 0.6) is 0 Å². The van der Waals surface area contributed by atoms with E-state index in [0.29, 0.717) is 23.9 Å². The molecule has 0 aliphatic rings. The Kier molecular flexibility index (Phi) is 10.2. The zero-order valence-corrected chi connectivity index (χ0v) is 19.6. The summed E-state index contributed by atoms with van der Waals surface area (Å²) in [7, 11) is 0. The Morgan fingerprint density at radius 1 is 1.17 bits per heavy atom. The number of hydrogen-bond donors (Lipinski definition) is 1. The Labute approximate surface area is 189 Å². The zero-order chi connectivity index (χ0) is 21.9. The Balaban J connectivity index is 2.05. The van der Waals surface area contributed by atoms with E-state index in [-0.39, 0.29) is 11.8 Å². The first-order chi connectivity index (χ1) is 14.4. The lowest BCUT2D eigenvalue weighted by Gasteiger charge is -2.29. The van der Waals surface area contributed by atoms with Gasteiger partial charge in [-0.1, -0.05) is 73.0 Å². The lowest BCUT2D eigenvalue weighted by Crippen LogP contribution is -2.48. The Morgan fingerprint density at radius 3 is 2.63 bits per heavy atom. The predicted molar refractivity (Wildman–Crippen MR) is 127 cm³/mol. The number of nitrogens with zero attached hydrogens (tertiary/aromatic N) is 1. The fourth-order valence-electron chi connectivity index (χ4n) is 3.07. The second-order valence-corrected chi connectivity index (χ2v) is 8.81. The molecule has 0 saturated carbocycles. The van der Waals surface area contributed by atoms with E-state index in [1.54, 1.807) is 29.7 Å². The van der Waals surface area contributed by atoms with Gasteiger partial charge in [-0.05, 0) is 37.5 Å². The number of unbranched alkanes of at least 4 members (excludes halogenated alkanes) is 1. The molecular weight excluding hydrogens is 416 g/mol. The summed E-state index contributed by atoms with van der Waals surface area (Å²) in [5.74, 6) is 0.869. The summed E-state index contributed by atoms with van der Waals surface area (Å²) in [5.41, 5.74) is 3.23. The molecule has 0 unspecified atom stereocenters. The summed E-state index contributed by atoms with van der Waals surface area (Å²) < 4.78 is 0. The number of carbonyl (C=O) groups excluding carboxylic acids is 2. The fraction of sp³-hybridized carbons (Fsp3) is 0.417. The molecule has 162 valence electrons. The molecule has 0 aliphatic heterocycles. The smallest absolute Gasteiger partial charge is 0.242 e. The summed E-state index contributed by atoms with van der Waals surface area (Å²) in [6.45, 7) is 6.85. The van der Waals surface area contributed by atoms with Gasteiger partial charge in [-0.15, -0.1) is 11.8 Å². The van der Waals surface area contributed by atoms with Gasteiger partial charge in [-0.2, -0.15) is 0 Å². The Bertz CT molecular complexity index is 843. The highest BCUT2D eigenvalue weighted by molar-refractivity contribution is 7.99. The number of amides is 2. The summed E-state index contributed by atoms with van der Waals surface area (Å²) in [6.07, 6.45) is 1.93. The normalized spacial score (nSPS) is 11.7. The third-order valence-electron chi connectivity index (χ3n) is 4.87. The van der Waals surface area contributed by atoms with Crippen LogP contribution in [0.3, 0.4) is 0 Å². The molecule has 0 heterocycles. The van der Waals surface area contributed by atoms with Crippen LogP contribution in [0.2, 0.25) is 5.02 Å². The summed E-state index contributed by atoms with van der Waals surface area (Å²) in [6, 6.07) is 15.2. The maximum Gasteiger partial charge on any atom is 0.242 e. The topological polar surface area (TPSA) is 49.4 Å². The molecule has 0 fully saturated rings. The first kappa shape index (κ1) is 24.3. The maximum atomic E-state index is 13.1. The third kappa shape index (κ3) is 7.69. The van der Waals surface area contributed by atoms with Gasteiger partial charge in [0.2, 0.25) is 11.8 Å². The number of halogens is 1. The van der Waals surface area contributed by atoms with Gasteiger partial charge in [-0.3, -0.25) is 9.59 Å². The van der Waals surface area contributed by atoms with Gasteiger partial charge in [0.05, 0.1) is 5.75 Å². The summed E-state index contributed by atoms with van der Waals surface area (Å²) in [5, 5.41) is 3.53. The monoisotopic (exact) mass is 446 g/mol. The van der Waals surface area contributed by atoms with Gasteiger partial charge in [0.1, 0.15) is 6.04 Å². The first-order valence-electron chi connectivity index (χ1n) is 10.4. The highest BCUT2D eigenvalue weighted by Gasteiger charge is 2.26. The quantitative estimate of drug-likeness (QED) is 0.481. The molecular formula is C24H31ClN2O2S. The number of nitrogens with one attached hydrogen (secondary N) is 1. The molecule has 0 bridgehead atoms. The minimum absolute atomic E-state index is 0.0642. The largest absolute Gasteiger partial charge is 0.354 e. The van der Waals surface area contributed by atoms with Crippen molar-refractivity contribution in [1.82, 2.24) is 10.2 Å². The van der Waals surface area contributed by atoms with Gasteiger partial charge in [0.15, 0.2) is 0 Å². The van der Waals surface area contributed by atoms with Crippen LogP contribution in [0.4, 0.5) is 0 Å². The average Bonchev–Trinajstić information content (AvgIpc) is 2.72. The summed E-state index contributed by atoms with van der Waals surface area (Å²) >= 11 is 7.88. The van der Waals surface area contributed by atoms with Gasteiger partial charge in [0, 0.05) is 23.9 Å². The number of benzene rings is 2. The SMILES string of the molecule is CCCCNC(=O)[C@@H](C)N(Cc1ccccc1Cl)C(=O)CSCc1cccc(C)c1. The molecule has 2 aromatic carbocycles. The molecule has 30 heavy (non-hydrogen) atoms. The standard InChI is InChI=1S/C24H31ClN2O2S/c1-4-5-13-26-24(29)19(3)27(15-21-11-6-7-12-22(21)25)23(28)17-30-16-20-10-8-9-18(2)14-20/h6-12,14,19H,4-5,13,15-17H2,1-3H3,(H,26,29)/t19-/m1/s1. The molecule has 0 aromatic heterocycles. The van der Waals surface area contributed by atoms with Crippen LogP contribution in [0.25, 0.3) is 0 Å². The van der Waals surface area contributed by atoms with E-state index < -0.39 is 6.04 Å². The van der Waals surface area contributed by atoms with E-state index in [9.17, 15) is 9.59 Å². The van der Waals surface area contributed by atoms with Crippen LogP contribution in [0.15, 0.2) is 48.5 Å². The molecule has 0 spiro atoms. The molecule has 0 radical (unpaired) electrons. The van der Waals surface area contributed by atoms with Crippen molar-refractivity contribution in [2.45, 2.75) is 52.0 Å². The van der Waals surface area contributed by atoms with E-state index in [1.807, 2.05) is 24.3 Å². The third-order valence-corrected chi connectivity index (χ3v) is 6.23. The molecule has 2 rings (SSSR count). The number of rotatable bonds is 11. The molecule has 4 nitrogen and oxygen atoms in total. The average molecular weight is 447 g/mol. The van der Waals surface area contributed by atoms with Gasteiger partial charge in [-0.25, -0.2) is 0 Å². The van der Waals surface area contributed by atoms with Crippen LogP contribution >= 0.6 is 23.4 Å². The minimum atomic E-state index is -0.565. The highest BCUT2D eigenvalue weighted by Crippen LogP contribution is 2.20. The van der Waals surface area contributed by atoms with Crippen molar-refractivity contribution in [2.24, 2.45) is 0 Å². The minimum Gasteiger partial charge on any atom is -0.354 e. The Hall–Kier alpha value is -1.98. The van der Waals surface area contributed by atoms with Crippen LogP contribution in [0.1, 0.15) is 43.4 Å². The highest BCUT2D eigenvalue weighted by atomic mass is 35.5. The van der Waals surface area contributed by atoms with Crippen LogP contribution < -0.4 is 5.32 Å². The van der Waals surface area contributed by atoms with Crippen LogP contribution in [0, 0.1) is 6.92 Å². The van der Waals surface area contributed by atoms with Crippen LogP contribution in [-0.2, 0) is 21.9 Å². The number of thioether (sulfide) groups is 1. The molecule has 6 heteroatoms. The first-order valence-corrected chi connectivity index (χ1v) is 11.9. The zero-order valence-electron chi connectivity index (χ0n) is 18.0. The lowest BCUT2D eigenvalue weighted by atomic mass is 10.1. The number of aryl methyl sites for hydroxylation is 1. The second-order valence-electron chi connectivity index (χ2n) is 7.42. The van der Waals surface area contributed by atoms with E-state index in [4.69, 9.17) is 11.6 Å². The van der Waals surface area contributed by atoms with Crippen molar-refractivity contribution in [2.75, 3.05) is 12.3 Å². The van der Waals surface area contributed by atoms with Crippen LogP contribution in [-0.4, -0.2) is 35.1 Å². The predicted octanol–water partition coefficient (Wildman–Crippen LogP) is 5.22. The molecule has 1 atom stereocenters. The fourth-order valence-corrected chi connectivity index (χ4v) is 4.12. The van der Waals surface area contributed by atoms with Crippen molar-refractivity contribution in [3.63, 3.8) is 0 Å². The molecule has 0 saturated heterocycles. The van der Waals surface area contributed by atoms with E-state index in [2.05, 4.69) is 37.4 Å². The molecule has 2 aromatic rings. The lowest BCUT2D eigenvalue weighted by molar-refractivity contribution is -0.138. The molecule has 2 amide bonds. The molecule has 0 aliphatic carbocycles. The van der Waals surface area contributed by atoms with Crippen molar-refractivity contribution < 1.29 is 9.59 Å². The van der Waals surface area contributed by atoms with Gasteiger partial charge < -0.3 is 10.2 Å². The van der Waals surface area contributed by atoms with Crippen molar-refractivity contribution in [3.8, 4) is 0 Å². The number of hydrogen-bond acceptors (Lipinski definition) is 3. The number of carbonyl (C=O) groups is 2. The van der Waals surface area contributed by atoms with Gasteiger partial charge in [0.25, 0.3) is 0 Å². The van der Waals surface area contributed by atoms with Gasteiger partial charge >= 0.3 is 0 Å². The summed E-state index contributed by atoms with van der Waals surface area (Å²) in [4.78, 5) is 27.3. The van der Waals surface area contributed by atoms with Crippen molar-refractivity contribution in [3.05, 3.63) is 70.2 Å². The Morgan fingerprint density at radius 2 is 1.93 bits per heavy atom. The van der Waals surface area contributed by atoms with E-state index in [1.165, 1.54) is 11.1 Å². The molecule has 1 N–H and O–H groups in total. The van der Waals surface area contributed by atoms with Crippen molar-refractivity contribution in [1.29, 1.82) is 0 Å². The van der Waals surface area contributed by atoms with E-state index in [0.717, 1.165) is 24.2 Å². The second kappa shape index (κ2) is 12.7.